The molecule has 1 heterocycles. The van der Waals surface area contributed by atoms with Gasteiger partial charge in [0.25, 0.3) is 15.9 Å². The average Bonchev–Trinajstić information content (AvgIpc) is 3.25. The number of rotatable bonds is 11. The molecule has 0 aliphatic rings. The molecule has 0 unspecified atom stereocenters. The van der Waals surface area contributed by atoms with Crippen molar-refractivity contribution in [2.75, 3.05) is 0 Å². The van der Waals surface area contributed by atoms with Gasteiger partial charge in [-0.25, -0.2) is 17.8 Å². The number of nitrogens with one attached hydrogen (secondary N) is 1. The number of aromatic nitrogens is 2. The molecule has 0 fully saturated rings. The fourth-order valence-electron chi connectivity index (χ4n) is 3.69. The number of oxime groups is 1. The van der Waals surface area contributed by atoms with Crippen molar-refractivity contribution in [3.63, 3.8) is 0 Å². The van der Waals surface area contributed by atoms with Crippen LogP contribution in [0.5, 0.6) is 0 Å². The van der Waals surface area contributed by atoms with Crippen LogP contribution in [0.3, 0.4) is 0 Å². The van der Waals surface area contributed by atoms with Crippen LogP contribution < -0.4 is 16.2 Å². The molecule has 0 saturated heterocycles. The number of sulfonamides is 1. The molecule has 6 N–H and O–H groups in total. The van der Waals surface area contributed by atoms with E-state index in [9.17, 15) is 13.2 Å². The first-order valence-electron chi connectivity index (χ1n) is 11.6. The molecule has 36 heavy (non-hydrogen) atoms. The van der Waals surface area contributed by atoms with Gasteiger partial charge in [0, 0.05) is 12.0 Å². The fourth-order valence-corrected chi connectivity index (χ4v) is 4.72. The zero-order chi connectivity index (χ0) is 26.3. The van der Waals surface area contributed by atoms with Crippen molar-refractivity contribution >= 4 is 21.8 Å². The van der Waals surface area contributed by atoms with Gasteiger partial charge in [0.1, 0.15) is 5.84 Å². The Bertz CT molecular complexity index is 1320. The van der Waals surface area contributed by atoms with E-state index in [1.165, 1.54) is 12.1 Å². The summed E-state index contributed by atoms with van der Waals surface area (Å²) in [6, 6.07) is 15.2. The molecule has 3 rings (SSSR count). The van der Waals surface area contributed by atoms with Crippen molar-refractivity contribution < 1.29 is 18.4 Å². The third kappa shape index (κ3) is 6.92. The van der Waals surface area contributed by atoms with Crippen LogP contribution in [-0.4, -0.2) is 41.2 Å². The molecular weight excluding hydrogens is 480 g/mol. The van der Waals surface area contributed by atoms with Gasteiger partial charge in [-0.2, -0.15) is 5.10 Å². The molecule has 1 atom stereocenters. The number of benzene rings is 2. The largest absolute Gasteiger partial charge is 0.409 e. The number of aryl methyl sites for hydroxylation is 2. The van der Waals surface area contributed by atoms with Crippen molar-refractivity contribution in [2.45, 2.75) is 56.9 Å². The van der Waals surface area contributed by atoms with Gasteiger partial charge in [-0.05, 0) is 57.0 Å². The lowest BCUT2D eigenvalue weighted by atomic mass is 10.1. The second kappa shape index (κ2) is 11.8. The summed E-state index contributed by atoms with van der Waals surface area (Å²) in [5.41, 5.74) is 15.8. The van der Waals surface area contributed by atoms with E-state index in [1.54, 1.807) is 16.8 Å². The molecule has 10 nitrogen and oxygen atoms in total. The number of carbonyl (C=O) groups is 1. The number of hydrogen-bond acceptors (Lipinski definition) is 7. The van der Waals surface area contributed by atoms with Crippen LogP contribution in [0.2, 0.25) is 0 Å². The number of amides is 1. The zero-order valence-corrected chi connectivity index (χ0v) is 21.2. The highest BCUT2D eigenvalue weighted by atomic mass is 32.2. The topological polar surface area (TPSA) is 166 Å². The molecule has 0 aliphatic carbocycles. The number of nitrogens with zero attached hydrogens (tertiary/aromatic N) is 3. The lowest BCUT2D eigenvalue weighted by Gasteiger charge is -2.13. The Labute approximate surface area is 211 Å². The van der Waals surface area contributed by atoms with Crippen LogP contribution in [0, 0.1) is 13.8 Å². The van der Waals surface area contributed by atoms with Crippen molar-refractivity contribution in [1.29, 1.82) is 0 Å². The first-order chi connectivity index (χ1) is 17.1. The number of nitrogens with two attached hydrogens (primary N) is 2. The summed E-state index contributed by atoms with van der Waals surface area (Å²) in [6.07, 6.45) is 2.75. The van der Waals surface area contributed by atoms with E-state index >= 15 is 0 Å². The summed E-state index contributed by atoms with van der Waals surface area (Å²) >= 11 is 0. The fraction of sp³-hybridized carbons (Fsp3) is 0.320. The van der Waals surface area contributed by atoms with Gasteiger partial charge >= 0.3 is 0 Å². The Morgan fingerprint density at radius 3 is 2.39 bits per heavy atom. The minimum Gasteiger partial charge on any atom is -0.409 e. The smallest absolute Gasteiger partial charge is 0.264 e. The lowest BCUT2D eigenvalue weighted by molar-refractivity contribution is -0.120. The molecule has 0 bridgehead atoms. The normalized spacial score (nSPS) is 12.9. The predicted molar refractivity (Wildman–Crippen MR) is 138 cm³/mol. The lowest BCUT2D eigenvalue weighted by Crippen LogP contribution is -2.43. The van der Waals surface area contributed by atoms with Crippen molar-refractivity contribution in [2.24, 2.45) is 16.6 Å². The Balaban J connectivity index is 1.65. The van der Waals surface area contributed by atoms with Crippen LogP contribution in [0.15, 0.2) is 64.6 Å². The highest BCUT2D eigenvalue weighted by molar-refractivity contribution is 7.90. The molecule has 192 valence electrons. The van der Waals surface area contributed by atoms with E-state index in [2.05, 4.69) is 15.0 Å². The van der Waals surface area contributed by atoms with E-state index in [4.69, 9.17) is 16.7 Å². The first kappa shape index (κ1) is 26.9. The number of unbranched alkanes of at least 4 members (excludes halogenated alkanes) is 2. The summed E-state index contributed by atoms with van der Waals surface area (Å²) in [5, 5.41) is 16.0. The second-order valence-electron chi connectivity index (χ2n) is 8.71. The minimum atomic E-state index is -4.08. The van der Waals surface area contributed by atoms with E-state index in [0.717, 1.165) is 22.5 Å². The summed E-state index contributed by atoms with van der Waals surface area (Å²) in [7, 11) is -4.08. The van der Waals surface area contributed by atoms with Crippen LogP contribution in [0.1, 0.15) is 43.4 Å². The summed E-state index contributed by atoms with van der Waals surface area (Å²) in [5.74, 6) is -0.622. The number of carbonyl (C=O) groups excluding carboxylic acids is 1. The Kier molecular flexibility index (Phi) is 8.83. The van der Waals surface area contributed by atoms with Gasteiger partial charge in [0.15, 0.2) is 0 Å². The van der Waals surface area contributed by atoms with Crippen molar-refractivity contribution in [3.8, 4) is 16.9 Å². The van der Waals surface area contributed by atoms with Gasteiger partial charge in [-0.3, -0.25) is 4.79 Å². The van der Waals surface area contributed by atoms with E-state index in [1.807, 2.05) is 44.2 Å². The maximum atomic E-state index is 12.7. The Morgan fingerprint density at radius 2 is 1.75 bits per heavy atom. The molecule has 0 spiro atoms. The molecule has 0 saturated carbocycles. The maximum Gasteiger partial charge on any atom is 0.264 e. The molecule has 11 heteroatoms. The van der Waals surface area contributed by atoms with Gasteiger partial charge < -0.3 is 16.7 Å². The van der Waals surface area contributed by atoms with Gasteiger partial charge in [0.05, 0.1) is 28.0 Å². The van der Waals surface area contributed by atoms with E-state index < -0.39 is 22.0 Å². The molecule has 3 aromatic rings. The van der Waals surface area contributed by atoms with Crippen molar-refractivity contribution in [1.82, 2.24) is 14.5 Å². The minimum absolute atomic E-state index is 0.0497. The SMILES string of the molecule is Cc1ccc(-c2cc(C)nn2-c2ccc(S(=O)(=O)NC(=O)[C@@H](N)CCCCC/C(N)=N/O)cc2)cc1. The van der Waals surface area contributed by atoms with Gasteiger partial charge in [0.2, 0.25) is 0 Å². The molecular formula is C25H32N6O4S. The van der Waals surface area contributed by atoms with E-state index in [-0.39, 0.29) is 10.7 Å². The highest BCUT2D eigenvalue weighted by Crippen LogP contribution is 2.25. The van der Waals surface area contributed by atoms with Crippen LogP contribution in [0.4, 0.5) is 0 Å². The quantitative estimate of drug-likeness (QED) is 0.101. The van der Waals surface area contributed by atoms with Gasteiger partial charge in [-0.1, -0.05) is 47.8 Å². The van der Waals surface area contributed by atoms with Crippen LogP contribution >= 0.6 is 0 Å². The van der Waals surface area contributed by atoms with Crippen LogP contribution in [-0.2, 0) is 14.8 Å². The number of amidine groups is 1. The van der Waals surface area contributed by atoms with Crippen molar-refractivity contribution in [3.05, 3.63) is 65.9 Å². The Morgan fingerprint density at radius 1 is 1.08 bits per heavy atom. The number of hydrogen-bond donors (Lipinski definition) is 4. The molecule has 0 radical (unpaired) electrons. The molecule has 2 aromatic carbocycles. The zero-order valence-electron chi connectivity index (χ0n) is 20.4. The molecule has 0 aliphatic heterocycles. The third-order valence-electron chi connectivity index (χ3n) is 5.72. The standard InChI is InChI=1S/C25H32N6O4S/c1-17-8-10-19(11-9-17)23-16-18(2)28-31(23)20-12-14-21(15-13-20)36(34,35)30-25(32)22(26)6-4-3-5-7-24(27)29-33/h8-16,22,33H,3-7,26H2,1-2H3,(H2,27,29)(H,30,32)/t22-/m0/s1. The van der Waals surface area contributed by atoms with Gasteiger partial charge in [-0.15, -0.1) is 0 Å². The summed E-state index contributed by atoms with van der Waals surface area (Å²) in [4.78, 5) is 12.3. The second-order valence-corrected chi connectivity index (χ2v) is 10.4. The third-order valence-corrected chi connectivity index (χ3v) is 7.08. The molecule has 1 amide bonds. The summed E-state index contributed by atoms with van der Waals surface area (Å²) in [6.45, 7) is 3.91. The first-order valence-corrected chi connectivity index (χ1v) is 13.1. The predicted octanol–water partition coefficient (Wildman–Crippen LogP) is 2.99. The average molecular weight is 513 g/mol. The highest BCUT2D eigenvalue weighted by Gasteiger charge is 2.22. The maximum absolute atomic E-state index is 12.7. The van der Waals surface area contributed by atoms with E-state index in [0.29, 0.717) is 37.8 Å². The monoisotopic (exact) mass is 512 g/mol. The Hall–Kier alpha value is -3.70. The molecule has 1 aromatic heterocycles. The summed E-state index contributed by atoms with van der Waals surface area (Å²) < 4.78 is 29.3. The van der Waals surface area contributed by atoms with Crippen LogP contribution in [0.25, 0.3) is 16.9 Å².